The number of rotatable bonds is 4. The summed E-state index contributed by atoms with van der Waals surface area (Å²) >= 11 is 12.9. The summed E-state index contributed by atoms with van der Waals surface area (Å²) in [6.07, 6.45) is 0. The summed E-state index contributed by atoms with van der Waals surface area (Å²) in [4.78, 5) is 27.3. The molecule has 0 aliphatic rings. The molecule has 0 atom stereocenters. The zero-order chi connectivity index (χ0) is 22.7. The molecule has 0 saturated carbocycles. The van der Waals surface area contributed by atoms with Gasteiger partial charge in [-0.15, -0.1) is 11.3 Å². The zero-order valence-corrected chi connectivity index (χ0v) is 19.4. The molecule has 2 N–H and O–H groups in total. The molecule has 1 aromatic heterocycles. The Labute approximate surface area is 199 Å². The van der Waals surface area contributed by atoms with E-state index in [9.17, 15) is 9.59 Å². The fourth-order valence-corrected chi connectivity index (χ4v) is 4.76. The Bertz CT molecular complexity index is 1300. The molecular weight excluding hydrogens is 462 g/mol. The van der Waals surface area contributed by atoms with Crippen LogP contribution in [-0.2, 0) is 0 Å². The van der Waals surface area contributed by atoms with Crippen LogP contribution in [0.4, 0.5) is 11.4 Å². The third kappa shape index (κ3) is 4.65. The molecule has 0 unspecified atom stereocenters. The van der Waals surface area contributed by atoms with E-state index in [1.807, 2.05) is 54.6 Å². The molecule has 0 saturated heterocycles. The van der Waals surface area contributed by atoms with E-state index in [1.54, 1.807) is 36.2 Å². The van der Waals surface area contributed by atoms with Gasteiger partial charge in [0, 0.05) is 34.1 Å². The lowest BCUT2D eigenvalue weighted by Crippen LogP contribution is -2.33. The predicted molar refractivity (Wildman–Crippen MR) is 136 cm³/mol. The number of hydrogen-bond donors (Lipinski definition) is 2. The fourth-order valence-electron chi connectivity index (χ4n) is 3.14. The van der Waals surface area contributed by atoms with Crippen LogP contribution in [-0.4, -0.2) is 24.0 Å². The van der Waals surface area contributed by atoms with E-state index in [4.69, 9.17) is 23.8 Å². The Balaban J connectivity index is 1.40. The number of nitrogens with one attached hydrogen (secondary N) is 2. The van der Waals surface area contributed by atoms with E-state index in [2.05, 4.69) is 10.6 Å². The van der Waals surface area contributed by atoms with Gasteiger partial charge in [-0.3, -0.25) is 14.9 Å². The standard InChI is InChI=1S/C24H18ClN3O2S2/c1-28(17-7-3-2-4-8-17)23(30)15-11-13-16(14-12-15)26-24(31)27-22(29)21-20(25)18-9-5-6-10-19(18)32-21/h2-14H,1H3,(H2,26,27,29,31). The number of benzene rings is 3. The zero-order valence-electron chi connectivity index (χ0n) is 17.0. The second-order valence-corrected chi connectivity index (χ2v) is 8.77. The number of carbonyl (C=O) groups is 2. The number of thiocarbonyl (C=S) groups is 1. The molecule has 8 heteroatoms. The molecule has 1 heterocycles. The minimum Gasteiger partial charge on any atom is -0.332 e. The lowest BCUT2D eigenvalue weighted by Gasteiger charge is -2.17. The number of thiophene rings is 1. The Kier molecular flexibility index (Phi) is 6.50. The maximum atomic E-state index is 12.7. The van der Waals surface area contributed by atoms with Crippen molar-refractivity contribution >= 4 is 73.5 Å². The Morgan fingerprint density at radius 2 is 1.59 bits per heavy atom. The quantitative estimate of drug-likeness (QED) is 0.354. The molecule has 0 aliphatic carbocycles. The molecule has 3 aromatic carbocycles. The number of carbonyl (C=O) groups excluding carboxylic acids is 2. The highest BCUT2D eigenvalue weighted by Gasteiger charge is 2.18. The van der Waals surface area contributed by atoms with Crippen molar-refractivity contribution in [2.24, 2.45) is 0 Å². The van der Waals surface area contributed by atoms with E-state index >= 15 is 0 Å². The minimum absolute atomic E-state index is 0.127. The average Bonchev–Trinajstić information content (AvgIpc) is 3.16. The molecule has 4 rings (SSSR count). The van der Waals surface area contributed by atoms with Gasteiger partial charge in [0.15, 0.2) is 5.11 Å². The largest absolute Gasteiger partial charge is 0.332 e. The summed E-state index contributed by atoms with van der Waals surface area (Å²) in [5.74, 6) is -0.497. The van der Waals surface area contributed by atoms with Crippen molar-refractivity contribution in [1.82, 2.24) is 5.32 Å². The molecule has 5 nitrogen and oxygen atoms in total. The molecule has 0 fully saturated rings. The maximum absolute atomic E-state index is 12.7. The highest BCUT2D eigenvalue weighted by atomic mass is 35.5. The topological polar surface area (TPSA) is 61.4 Å². The van der Waals surface area contributed by atoms with Gasteiger partial charge in [-0.2, -0.15) is 0 Å². The lowest BCUT2D eigenvalue weighted by molar-refractivity contribution is 0.0977. The SMILES string of the molecule is CN(C(=O)c1ccc(NC(=S)NC(=O)c2sc3ccccc3c2Cl)cc1)c1ccccc1. The number of nitrogens with zero attached hydrogens (tertiary/aromatic N) is 1. The molecule has 0 spiro atoms. The third-order valence-electron chi connectivity index (χ3n) is 4.81. The molecule has 4 aromatic rings. The van der Waals surface area contributed by atoms with E-state index in [1.165, 1.54) is 11.3 Å². The van der Waals surface area contributed by atoms with Crippen LogP contribution in [0.5, 0.6) is 0 Å². The van der Waals surface area contributed by atoms with Crippen LogP contribution < -0.4 is 15.5 Å². The predicted octanol–water partition coefficient (Wildman–Crippen LogP) is 5.96. The van der Waals surface area contributed by atoms with E-state index in [0.29, 0.717) is 21.2 Å². The smallest absolute Gasteiger partial charge is 0.269 e. The van der Waals surface area contributed by atoms with E-state index in [0.717, 1.165) is 15.8 Å². The number of anilines is 2. The van der Waals surface area contributed by atoms with Crippen molar-refractivity contribution in [2.45, 2.75) is 0 Å². The van der Waals surface area contributed by atoms with Gasteiger partial charge in [0.25, 0.3) is 11.8 Å². The second-order valence-electron chi connectivity index (χ2n) is 6.93. The Morgan fingerprint density at radius 1 is 0.938 bits per heavy atom. The number of fused-ring (bicyclic) bond motifs is 1. The van der Waals surface area contributed by atoms with E-state index < -0.39 is 0 Å². The number of para-hydroxylation sites is 1. The van der Waals surface area contributed by atoms with Crippen LogP contribution in [0.1, 0.15) is 20.0 Å². The monoisotopic (exact) mass is 479 g/mol. The van der Waals surface area contributed by atoms with E-state index in [-0.39, 0.29) is 16.9 Å². The first-order chi connectivity index (χ1) is 15.4. The van der Waals surface area contributed by atoms with Gasteiger partial charge in [-0.05, 0) is 54.7 Å². The molecule has 2 amide bonds. The first-order valence-electron chi connectivity index (χ1n) is 9.66. The van der Waals surface area contributed by atoms with Gasteiger partial charge in [-0.1, -0.05) is 48.0 Å². The van der Waals surface area contributed by atoms with Gasteiger partial charge in [0.2, 0.25) is 0 Å². The lowest BCUT2D eigenvalue weighted by atomic mass is 10.1. The second kappa shape index (κ2) is 9.48. The first kappa shape index (κ1) is 22.0. The van der Waals surface area contributed by atoms with Crippen LogP contribution in [0.2, 0.25) is 5.02 Å². The average molecular weight is 480 g/mol. The van der Waals surface area contributed by atoms with Crippen molar-refractivity contribution in [3.63, 3.8) is 0 Å². The summed E-state index contributed by atoms with van der Waals surface area (Å²) in [7, 11) is 1.73. The molecule has 0 radical (unpaired) electrons. The van der Waals surface area contributed by atoms with Crippen LogP contribution in [0.25, 0.3) is 10.1 Å². The van der Waals surface area contributed by atoms with Gasteiger partial charge in [0.05, 0.1) is 5.02 Å². The summed E-state index contributed by atoms with van der Waals surface area (Å²) in [6.45, 7) is 0. The first-order valence-corrected chi connectivity index (χ1v) is 11.3. The summed E-state index contributed by atoms with van der Waals surface area (Å²) in [5, 5.41) is 7.01. The molecular formula is C24H18ClN3O2S2. The van der Waals surface area contributed by atoms with Gasteiger partial charge >= 0.3 is 0 Å². The van der Waals surface area contributed by atoms with Crippen molar-refractivity contribution in [3.05, 3.63) is 94.3 Å². The molecule has 0 aliphatic heterocycles. The van der Waals surface area contributed by atoms with Crippen molar-refractivity contribution < 1.29 is 9.59 Å². The Hall–Kier alpha value is -3.26. The van der Waals surface area contributed by atoms with Gasteiger partial charge in [0.1, 0.15) is 4.88 Å². The van der Waals surface area contributed by atoms with Crippen LogP contribution in [0.3, 0.4) is 0 Å². The molecule has 32 heavy (non-hydrogen) atoms. The fraction of sp³-hybridized carbons (Fsp3) is 0.0417. The highest BCUT2D eigenvalue weighted by Crippen LogP contribution is 2.35. The normalized spacial score (nSPS) is 10.6. The van der Waals surface area contributed by atoms with Gasteiger partial charge < -0.3 is 10.2 Å². The van der Waals surface area contributed by atoms with Crippen molar-refractivity contribution in [2.75, 3.05) is 17.3 Å². The summed E-state index contributed by atoms with van der Waals surface area (Å²) in [5.41, 5.74) is 1.99. The highest BCUT2D eigenvalue weighted by molar-refractivity contribution is 7.80. The van der Waals surface area contributed by atoms with Gasteiger partial charge in [-0.25, -0.2) is 0 Å². The van der Waals surface area contributed by atoms with Crippen LogP contribution >= 0.6 is 35.2 Å². The minimum atomic E-state index is -0.370. The van der Waals surface area contributed by atoms with Crippen molar-refractivity contribution in [1.29, 1.82) is 0 Å². The number of hydrogen-bond acceptors (Lipinski definition) is 4. The molecule has 160 valence electrons. The number of halogens is 1. The maximum Gasteiger partial charge on any atom is 0.269 e. The van der Waals surface area contributed by atoms with Crippen LogP contribution in [0.15, 0.2) is 78.9 Å². The van der Waals surface area contributed by atoms with Crippen molar-refractivity contribution in [3.8, 4) is 0 Å². The van der Waals surface area contributed by atoms with Crippen LogP contribution in [0, 0.1) is 0 Å². The summed E-state index contributed by atoms with van der Waals surface area (Å²) in [6, 6.07) is 23.9. The summed E-state index contributed by atoms with van der Waals surface area (Å²) < 4.78 is 0.933. The Morgan fingerprint density at radius 3 is 2.28 bits per heavy atom. The third-order valence-corrected chi connectivity index (χ3v) is 6.68. The molecule has 0 bridgehead atoms. The number of amides is 2.